The van der Waals surface area contributed by atoms with Gasteiger partial charge in [-0.15, -0.1) is 12.3 Å². The molecule has 1 aromatic carbocycles. The molecule has 1 atom stereocenters. The first kappa shape index (κ1) is 10.7. The molecule has 14 heavy (non-hydrogen) atoms. The van der Waals surface area contributed by atoms with Gasteiger partial charge in [0.25, 0.3) is 0 Å². The van der Waals surface area contributed by atoms with Crippen molar-refractivity contribution in [1.29, 1.82) is 0 Å². The summed E-state index contributed by atoms with van der Waals surface area (Å²) in [7, 11) is 0. The van der Waals surface area contributed by atoms with E-state index in [4.69, 9.17) is 12.2 Å². The Balaban J connectivity index is 2.85. The van der Waals surface area contributed by atoms with Gasteiger partial charge in [-0.25, -0.2) is 4.39 Å². The lowest BCUT2D eigenvalue weighted by Gasteiger charge is -2.13. The Labute approximate surface area is 84.1 Å². The molecule has 0 radical (unpaired) electrons. The second kappa shape index (κ2) is 4.78. The third-order valence-corrected chi connectivity index (χ3v) is 2.31. The minimum atomic E-state index is -0.210. The lowest BCUT2D eigenvalue weighted by Crippen LogP contribution is -2.12. The van der Waals surface area contributed by atoms with Gasteiger partial charge in [-0.2, -0.15) is 0 Å². The fraction of sp³-hybridized carbons (Fsp3) is 0.333. The van der Waals surface area contributed by atoms with Crippen LogP contribution in [0.5, 0.6) is 0 Å². The number of hydrogen-bond acceptors (Lipinski definition) is 1. The molecule has 0 heterocycles. The molecule has 0 bridgehead atoms. The van der Waals surface area contributed by atoms with Crippen LogP contribution < -0.4 is 5.73 Å². The molecule has 0 spiro atoms. The maximum absolute atomic E-state index is 13.2. The Morgan fingerprint density at radius 2 is 2.29 bits per heavy atom. The molecular weight excluding hydrogens is 177 g/mol. The van der Waals surface area contributed by atoms with Gasteiger partial charge in [-0.1, -0.05) is 12.1 Å². The Morgan fingerprint density at radius 1 is 1.57 bits per heavy atom. The van der Waals surface area contributed by atoms with Gasteiger partial charge in [0.15, 0.2) is 0 Å². The summed E-state index contributed by atoms with van der Waals surface area (Å²) in [6.07, 6.45) is 6.46. The van der Waals surface area contributed by atoms with E-state index in [2.05, 4.69) is 5.92 Å². The van der Waals surface area contributed by atoms with Crippen LogP contribution in [-0.2, 0) is 0 Å². The Kier molecular flexibility index (Phi) is 3.67. The number of hydrogen-bond donors (Lipinski definition) is 1. The number of nitrogens with two attached hydrogens (primary N) is 1. The summed E-state index contributed by atoms with van der Waals surface area (Å²) in [5, 5.41) is 0. The van der Waals surface area contributed by atoms with Crippen molar-refractivity contribution in [2.45, 2.75) is 25.8 Å². The fourth-order valence-corrected chi connectivity index (χ4v) is 1.42. The van der Waals surface area contributed by atoms with E-state index in [1.165, 1.54) is 6.07 Å². The van der Waals surface area contributed by atoms with Gasteiger partial charge in [-0.3, -0.25) is 0 Å². The van der Waals surface area contributed by atoms with Crippen LogP contribution in [0, 0.1) is 25.1 Å². The first-order chi connectivity index (χ1) is 6.66. The van der Waals surface area contributed by atoms with Crippen LogP contribution in [-0.4, -0.2) is 0 Å². The minimum Gasteiger partial charge on any atom is -0.324 e. The summed E-state index contributed by atoms with van der Waals surface area (Å²) in [6, 6.07) is 4.79. The largest absolute Gasteiger partial charge is 0.324 e. The van der Waals surface area contributed by atoms with Crippen LogP contribution >= 0.6 is 0 Å². The van der Waals surface area contributed by atoms with Gasteiger partial charge in [0.1, 0.15) is 5.82 Å². The molecule has 74 valence electrons. The van der Waals surface area contributed by atoms with Gasteiger partial charge in [0, 0.05) is 12.5 Å². The summed E-state index contributed by atoms with van der Waals surface area (Å²) in [6.45, 7) is 1.74. The molecule has 1 aromatic rings. The van der Waals surface area contributed by atoms with Gasteiger partial charge in [0.05, 0.1) is 0 Å². The molecule has 0 aliphatic heterocycles. The first-order valence-electron chi connectivity index (χ1n) is 4.61. The van der Waals surface area contributed by atoms with Crippen molar-refractivity contribution < 1.29 is 4.39 Å². The van der Waals surface area contributed by atoms with E-state index in [9.17, 15) is 4.39 Å². The number of benzene rings is 1. The lowest BCUT2D eigenvalue weighted by molar-refractivity contribution is 0.601. The smallest absolute Gasteiger partial charge is 0.126 e. The number of terminal acetylenes is 1. The molecule has 2 N–H and O–H groups in total. The molecule has 0 aliphatic rings. The van der Waals surface area contributed by atoms with E-state index < -0.39 is 0 Å². The molecule has 2 heteroatoms. The Hall–Kier alpha value is -1.33. The van der Waals surface area contributed by atoms with Gasteiger partial charge in [-0.05, 0) is 30.5 Å². The highest BCUT2D eigenvalue weighted by atomic mass is 19.1. The van der Waals surface area contributed by atoms with Gasteiger partial charge >= 0.3 is 0 Å². The molecule has 0 amide bonds. The van der Waals surface area contributed by atoms with Crippen molar-refractivity contribution in [3.8, 4) is 12.3 Å². The highest BCUT2D eigenvalue weighted by Crippen LogP contribution is 2.21. The average Bonchev–Trinajstić information content (AvgIpc) is 2.18. The first-order valence-corrected chi connectivity index (χ1v) is 4.61. The average molecular weight is 191 g/mol. The molecule has 1 nitrogen and oxygen atoms in total. The molecule has 0 aromatic heterocycles. The monoisotopic (exact) mass is 191 g/mol. The summed E-state index contributed by atoms with van der Waals surface area (Å²) in [5.74, 6) is 2.32. The normalized spacial score (nSPS) is 12.1. The zero-order valence-corrected chi connectivity index (χ0v) is 8.26. The van der Waals surface area contributed by atoms with E-state index in [1.54, 1.807) is 13.0 Å². The van der Waals surface area contributed by atoms with Crippen LogP contribution in [0.2, 0.25) is 0 Å². The molecular formula is C12H14FN. The summed E-state index contributed by atoms with van der Waals surface area (Å²) in [5.41, 5.74) is 7.36. The highest BCUT2D eigenvalue weighted by molar-refractivity contribution is 5.29. The van der Waals surface area contributed by atoms with Crippen molar-refractivity contribution in [3.05, 3.63) is 35.1 Å². The highest BCUT2D eigenvalue weighted by Gasteiger charge is 2.10. The van der Waals surface area contributed by atoms with Crippen molar-refractivity contribution >= 4 is 0 Å². The predicted molar refractivity (Wildman–Crippen MR) is 56.1 cm³/mol. The Morgan fingerprint density at radius 3 is 2.93 bits per heavy atom. The third-order valence-electron chi connectivity index (χ3n) is 2.31. The standard InChI is InChI=1S/C12H14FN/c1-3-4-8-12(14)10-6-5-7-11(13)9(10)2/h1,5-7,12H,4,8,14H2,2H3. The molecule has 1 rings (SSSR count). The van der Waals surface area contributed by atoms with E-state index in [1.807, 2.05) is 6.07 Å². The van der Waals surface area contributed by atoms with E-state index in [0.29, 0.717) is 18.4 Å². The summed E-state index contributed by atoms with van der Waals surface area (Å²) in [4.78, 5) is 0. The maximum atomic E-state index is 13.2. The predicted octanol–water partition coefficient (Wildman–Crippen LogP) is 2.55. The van der Waals surface area contributed by atoms with Gasteiger partial charge in [0.2, 0.25) is 0 Å². The van der Waals surface area contributed by atoms with E-state index >= 15 is 0 Å². The molecule has 0 saturated heterocycles. The minimum absolute atomic E-state index is 0.165. The van der Waals surface area contributed by atoms with Crippen LogP contribution in [0.3, 0.4) is 0 Å². The van der Waals surface area contributed by atoms with Gasteiger partial charge < -0.3 is 5.73 Å². The van der Waals surface area contributed by atoms with E-state index in [0.717, 1.165) is 5.56 Å². The fourth-order valence-electron chi connectivity index (χ4n) is 1.42. The zero-order valence-electron chi connectivity index (χ0n) is 8.26. The molecule has 1 unspecified atom stereocenters. The number of rotatable bonds is 3. The second-order valence-corrected chi connectivity index (χ2v) is 3.30. The zero-order chi connectivity index (χ0) is 10.6. The van der Waals surface area contributed by atoms with Crippen LogP contribution in [0.1, 0.15) is 30.0 Å². The summed E-state index contributed by atoms with van der Waals surface area (Å²) < 4.78 is 13.2. The molecule has 0 saturated carbocycles. The quantitative estimate of drug-likeness (QED) is 0.730. The lowest BCUT2D eigenvalue weighted by atomic mass is 9.98. The third kappa shape index (κ3) is 2.34. The van der Waals surface area contributed by atoms with Crippen molar-refractivity contribution in [2.75, 3.05) is 0 Å². The number of halogens is 1. The maximum Gasteiger partial charge on any atom is 0.126 e. The topological polar surface area (TPSA) is 26.0 Å². The van der Waals surface area contributed by atoms with Crippen molar-refractivity contribution in [2.24, 2.45) is 5.73 Å². The SMILES string of the molecule is C#CCCC(N)c1cccc(F)c1C. The molecule has 0 aliphatic carbocycles. The summed E-state index contributed by atoms with van der Waals surface area (Å²) >= 11 is 0. The second-order valence-electron chi connectivity index (χ2n) is 3.30. The molecule has 0 fully saturated rings. The van der Waals surface area contributed by atoms with Crippen LogP contribution in [0.25, 0.3) is 0 Å². The van der Waals surface area contributed by atoms with Crippen molar-refractivity contribution in [1.82, 2.24) is 0 Å². The van der Waals surface area contributed by atoms with Crippen LogP contribution in [0.4, 0.5) is 4.39 Å². The van der Waals surface area contributed by atoms with Crippen LogP contribution in [0.15, 0.2) is 18.2 Å². The van der Waals surface area contributed by atoms with E-state index in [-0.39, 0.29) is 11.9 Å². The van der Waals surface area contributed by atoms with Crippen molar-refractivity contribution in [3.63, 3.8) is 0 Å². The Bertz CT molecular complexity index is 352.